The molecule has 0 amide bonds. The maximum absolute atomic E-state index is 11.6. The Bertz CT molecular complexity index is 355. The molecule has 1 aromatic rings. The van der Waals surface area contributed by atoms with Crippen molar-refractivity contribution in [3.8, 4) is 6.19 Å². The second kappa shape index (κ2) is 3.93. The van der Waals surface area contributed by atoms with Gasteiger partial charge in [-0.3, -0.25) is 4.65 Å². The molecular formula is C9H10ClN3O. The standard InChI is InChI=1S/C9H10ClN3O/c1-7(13(2,14)6-11)8-3-4-9(10)12-5-8/h3-5,7H,1-2H3. The summed E-state index contributed by atoms with van der Waals surface area (Å²) in [4.78, 5) is 3.86. The number of hydrogen-bond donors (Lipinski definition) is 0. The number of rotatable bonds is 2. The van der Waals surface area contributed by atoms with Gasteiger partial charge in [0.15, 0.2) is 0 Å². The van der Waals surface area contributed by atoms with Crippen molar-refractivity contribution in [2.45, 2.75) is 13.0 Å². The number of halogens is 1. The van der Waals surface area contributed by atoms with Crippen molar-refractivity contribution in [3.63, 3.8) is 0 Å². The van der Waals surface area contributed by atoms with Crippen LogP contribution in [-0.4, -0.2) is 16.7 Å². The number of aromatic nitrogens is 1. The topological polar surface area (TPSA) is 59.7 Å². The lowest BCUT2D eigenvalue weighted by atomic mass is 10.1. The van der Waals surface area contributed by atoms with Crippen LogP contribution in [-0.2, 0) is 0 Å². The summed E-state index contributed by atoms with van der Waals surface area (Å²) in [6.07, 6.45) is 3.19. The summed E-state index contributed by atoms with van der Waals surface area (Å²) >= 11 is 5.61. The van der Waals surface area contributed by atoms with E-state index in [-0.39, 0.29) is 0 Å². The lowest BCUT2D eigenvalue weighted by molar-refractivity contribution is -0.825. The molecule has 0 spiro atoms. The molecule has 4 nitrogen and oxygen atoms in total. The normalized spacial score (nSPS) is 16.8. The summed E-state index contributed by atoms with van der Waals surface area (Å²) in [5.41, 5.74) is 0.702. The Kier molecular flexibility index (Phi) is 3.06. The minimum atomic E-state index is -0.983. The van der Waals surface area contributed by atoms with Crippen molar-refractivity contribution in [2.24, 2.45) is 0 Å². The molecular weight excluding hydrogens is 202 g/mol. The largest absolute Gasteiger partial charge is 0.617 e. The predicted molar refractivity (Wildman–Crippen MR) is 52.8 cm³/mol. The molecule has 0 bridgehead atoms. The first-order valence-electron chi connectivity index (χ1n) is 4.07. The van der Waals surface area contributed by atoms with Gasteiger partial charge >= 0.3 is 6.19 Å². The van der Waals surface area contributed by atoms with Crippen LogP contribution in [0, 0.1) is 16.7 Å². The molecule has 2 unspecified atom stereocenters. The molecule has 0 saturated carbocycles. The van der Waals surface area contributed by atoms with Crippen molar-refractivity contribution in [3.05, 3.63) is 34.3 Å². The highest BCUT2D eigenvalue weighted by atomic mass is 35.5. The Morgan fingerprint density at radius 2 is 2.29 bits per heavy atom. The van der Waals surface area contributed by atoms with Crippen LogP contribution in [0.4, 0.5) is 0 Å². The van der Waals surface area contributed by atoms with Gasteiger partial charge in [-0.1, -0.05) is 11.6 Å². The fraction of sp³-hybridized carbons (Fsp3) is 0.333. The quantitative estimate of drug-likeness (QED) is 0.326. The Labute approximate surface area is 87.5 Å². The number of hydroxylamine groups is 3. The molecule has 0 saturated heterocycles. The van der Waals surface area contributed by atoms with Gasteiger partial charge in [0, 0.05) is 11.8 Å². The molecule has 0 radical (unpaired) electrons. The molecule has 74 valence electrons. The van der Waals surface area contributed by atoms with E-state index in [1.165, 1.54) is 13.2 Å². The van der Waals surface area contributed by atoms with E-state index in [1.807, 2.05) is 0 Å². The van der Waals surface area contributed by atoms with Crippen molar-refractivity contribution in [1.82, 2.24) is 4.98 Å². The minimum absolute atomic E-state index is 0.373. The van der Waals surface area contributed by atoms with E-state index in [2.05, 4.69) is 4.98 Å². The van der Waals surface area contributed by atoms with Crippen LogP contribution >= 0.6 is 11.6 Å². The molecule has 0 aromatic carbocycles. The van der Waals surface area contributed by atoms with Crippen molar-refractivity contribution >= 4 is 11.6 Å². The van der Waals surface area contributed by atoms with Gasteiger partial charge in [-0.15, -0.1) is 5.26 Å². The second-order valence-corrected chi connectivity index (χ2v) is 3.57. The monoisotopic (exact) mass is 211 g/mol. The number of pyridine rings is 1. The highest BCUT2D eigenvalue weighted by Gasteiger charge is 2.22. The van der Waals surface area contributed by atoms with Crippen LogP contribution in [0.25, 0.3) is 0 Å². The molecule has 1 rings (SSSR count). The molecule has 0 N–H and O–H groups in total. The lowest BCUT2D eigenvalue weighted by Gasteiger charge is -2.34. The van der Waals surface area contributed by atoms with Crippen molar-refractivity contribution in [1.29, 1.82) is 5.26 Å². The van der Waals surface area contributed by atoms with E-state index in [0.717, 1.165) is 0 Å². The van der Waals surface area contributed by atoms with E-state index in [9.17, 15) is 5.21 Å². The molecule has 0 aliphatic heterocycles. The van der Waals surface area contributed by atoms with Crippen LogP contribution < -0.4 is 0 Å². The predicted octanol–water partition coefficient (Wildman–Crippen LogP) is 2.22. The Hall–Kier alpha value is -1.15. The van der Waals surface area contributed by atoms with Gasteiger partial charge in [0.05, 0.1) is 7.05 Å². The fourth-order valence-electron chi connectivity index (χ4n) is 1.01. The molecule has 5 heteroatoms. The Morgan fingerprint density at radius 1 is 1.64 bits per heavy atom. The smallest absolute Gasteiger partial charge is 0.309 e. The second-order valence-electron chi connectivity index (χ2n) is 3.18. The van der Waals surface area contributed by atoms with Gasteiger partial charge in [0.1, 0.15) is 11.2 Å². The van der Waals surface area contributed by atoms with E-state index in [0.29, 0.717) is 10.7 Å². The zero-order chi connectivity index (χ0) is 10.8. The van der Waals surface area contributed by atoms with Gasteiger partial charge in [-0.2, -0.15) is 0 Å². The average molecular weight is 212 g/mol. The van der Waals surface area contributed by atoms with Crippen LogP contribution in [0.2, 0.25) is 5.15 Å². The third-order valence-corrected chi connectivity index (χ3v) is 2.39. The molecule has 0 aliphatic rings. The Morgan fingerprint density at radius 3 is 2.71 bits per heavy atom. The number of hydrogen-bond acceptors (Lipinski definition) is 3. The summed E-state index contributed by atoms with van der Waals surface area (Å²) in [6.45, 7) is 1.68. The molecule has 2 atom stereocenters. The van der Waals surface area contributed by atoms with E-state index >= 15 is 0 Å². The summed E-state index contributed by atoms with van der Waals surface area (Å²) in [5, 5.41) is 20.6. The summed E-state index contributed by atoms with van der Waals surface area (Å²) in [7, 11) is 1.30. The molecule has 1 heterocycles. The van der Waals surface area contributed by atoms with Crippen LogP contribution in [0.1, 0.15) is 18.5 Å². The van der Waals surface area contributed by atoms with E-state index in [4.69, 9.17) is 16.9 Å². The van der Waals surface area contributed by atoms with E-state index < -0.39 is 10.7 Å². The molecule has 14 heavy (non-hydrogen) atoms. The van der Waals surface area contributed by atoms with Gasteiger partial charge in [0.25, 0.3) is 0 Å². The van der Waals surface area contributed by atoms with Gasteiger partial charge in [-0.25, -0.2) is 4.98 Å². The SMILES string of the molecule is CC(c1ccc(Cl)nc1)[N+](C)([O-])C#N. The number of quaternary nitrogens is 1. The summed E-state index contributed by atoms with van der Waals surface area (Å²) in [5.74, 6) is 0. The van der Waals surface area contributed by atoms with Crippen molar-refractivity contribution < 1.29 is 4.65 Å². The van der Waals surface area contributed by atoms with Crippen molar-refractivity contribution in [2.75, 3.05) is 7.05 Å². The fourth-order valence-corrected chi connectivity index (χ4v) is 1.12. The minimum Gasteiger partial charge on any atom is -0.617 e. The summed E-state index contributed by atoms with van der Waals surface area (Å²) < 4.78 is -0.983. The summed E-state index contributed by atoms with van der Waals surface area (Å²) in [6, 6.07) is 2.83. The first kappa shape index (κ1) is 10.9. The third kappa shape index (κ3) is 2.20. The number of nitrogens with zero attached hydrogens (tertiary/aromatic N) is 3. The zero-order valence-corrected chi connectivity index (χ0v) is 8.69. The van der Waals surface area contributed by atoms with E-state index in [1.54, 1.807) is 25.2 Å². The first-order chi connectivity index (χ1) is 6.47. The lowest BCUT2D eigenvalue weighted by Crippen LogP contribution is -2.34. The third-order valence-electron chi connectivity index (χ3n) is 2.17. The highest BCUT2D eigenvalue weighted by Crippen LogP contribution is 2.24. The molecule has 0 aliphatic carbocycles. The van der Waals surface area contributed by atoms with Gasteiger partial charge in [0.2, 0.25) is 0 Å². The maximum Gasteiger partial charge on any atom is 0.309 e. The van der Waals surface area contributed by atoms with Crippen LogP contribution in [0.5, 0.6) is 0 Å². The first-order valence-corrected chi connectivity index (χ1v) is 4.45. The van der Waals surface area contributed by atoms with Crippen LogP contribution in [0.15, 0.2) is 18.3 Å². The van der Waals surface area contributed by atoms with Crippen LogP contribution in [0.3, 0.4) is 0 Å². The van der Waals surface area contributed by atoms with Gasteiger partial charge < -0.3 is 5.21 Å². The maximum atomic E-state index is 11.6. The molecule has 1 aromatic heterocycles. The average Bonchev–Trinajstić information content (AvgIpc) is 2.18. The highest BCUT2D eigenvalue weighted by molar-refractivity contribution is 6.29. The zero-order valence-electron chi connectivity index (χ0n) is 7.94. The molecule has 0 fully saturated rings. The Balaban J connectivity index is 2.96. The number of nitriles is 1. The van der Waals surface area contributed by atoms with Gasteiger partial charge in [-0.05, 0) is 19.1 Å².